The van der Waals surface area contributed by atoms with E-state index >= 15 is 0 Å². The summed E-state index contributed by atoms with van der Waals surface area (Å²) in [6.45, 7) is 1.66. The minimum absolute atomic E-state index is 0.0719. The molecule has 18 heavy (non-hydrogen) atoms. The average molecular weight is 250 g/mol. The predicted octanol–water partition coefficient (Wildman–Crippen LogP) is 0.700. The summed E-state index contributed by atoms with van der Waals surface area (Å²) in [7, 11) is 1.59. The third kappa shape index (κ3) is 3.45. The second-order valence-corrected chi connectivity index (χ2v) is 4.46. The maximum atomic E-state index is 11.8. The van der Waals surface area contributed by atoms with Crippen LogP contribution in [0.2, 0.25) is 0 Å². The Labute approximate surface area is 106 Å². The minimum Gasteiger partial charge on any atom is -0.497 e. The lowest BCUT2D eigenvalue weighted by atomic mass is 10.3. The number of amides is 1. The molecule has 2 N–H and O–H groups in total. The Morgan fingerprint density at radius 1 is 1.61 bits per heavy atom. The minimum atomic E-state index is -0.297. The van der Waals surface area contributed by atoms with Crippen LogP contribution in [-0.4, -0.2) is 48.8 Å². The molecule has 0 aromatic heterocycles. The summed E-state index contributed by atoms with van der Waals surface area (Å²) < 4.78 is 5.09. The largest absolute Gasteiger partial charge is 0.497 e. The molecule has 0 bridgehead atoms. The monoisotopic (exact) mass is 250 g/mol. The number of β-amino-alcohol motifs (C(OH)–C–C–N with tert-alkyl or cyclic N) is 1. The quantitative estimate of drug-likeness (QED) is 0.826. The van der Waals surface area contributed by atoms with Crippen molar-refractivity contribution in [3.8, 4) is 5.75 Å². The second-order valence-electron chi connectivity index (χ2n) is 4.46. The van der Waals surface area contributed by atoms with Gasteiger partial charge in [-0.3, -0.25) is 9.69 Å². The topological polar surface area (TPSA) is 61.8 Å². The fourth-order valence-electron chi connectivity index (χ4n) is 2.06. The summed E-state index contributed by atoms with van der Waals surface area (Å²) >= 11 is 0. The second kappa shape index (κ2) is 5.84. The van der Waals surface area contributed by atoms with Crippen molar-refractivity contribution in [1.82, 2.24) is 4.90 Å². The molecule has 1 fully saturated rings. The molecule has 98 valence electrons. The maximum absolute atomic E-state index is 11.8. The number of anilines is 1. The van der Waals surface area contributed by atoms with Crippen LogP contribution in [0, 0.1) is 0 Å². The molecule has 5 nitrogen and oxygen atoms in total. The number of carbonyl (C=O) groups is 1. The zero-order chi connectivity index (χ0) is 13.0. The van der Waals surface area contributed by atoms with Crippen LogP contribution in [-0.2, 0) is 4.79 Å². The number of hydrogen-bond donors (Lipinski definition) is 2. The van der Waals surface area contributed by atoms with Crippen molar-refractivity contribution in [3.63, 3.8) is 0 Å². The van der Waals surface area contributed by atoms with Gasteiger partial charge in [0.25, 0.3) is 0 Å². The molecule has 0 aliphatic carbocycles. The van der Waals surface area contributed by atoms with E-state index in [1.165, 1.54) is 0 Å². The third-order valence-electron chi connectivity index (χ3n) is 2.97. The molecule has 1 heterocycles. The van der Waals surface area contributed by atoms with E-state index in [-0.39, 0.29) is 12.0 Å². The van der Waals surface area contributed by atoms with Crippen LogP contribution in [0.4, 0.5) is 5.69 Å². The molecule has 2 rings (SSSR count). The van der Waals surface area contributed by atoms with Crippen molar-refractivity contribution in [3.05, 3.63) is 24.3 Å². The van der Waals surface area contributed by atoms with E-state index in [2.05, 4.69) is 5.32 Å². The Hall–Kier alpha value is -1.59. The SMILES string of the molecule is COc1cccc(NC(=O)CN2CCC(O)C2)c1. The van der Waals surface area contributed by atoms with Crippen LogP contribution in [0.25, 0.3) is 0 Å². The molecular formula is C13H18N2O3. The van der Waals surface area contributed by atoms with Gasteiger partial charge < -0.3 is 15.2 Å². The zero-order valence-corrected chi connectivity index (χ0v) is 10.4. The smallest absolute Gasteiger partial charge is 0.238 e. The highest BCUT2D eigenvalue weighted by Crippen LogP contribution is 2.16. The number of carbonyl (C=O) groups excluding carboxylic acids is 1. The average Bonchev–Trinajstić information content (AvgIpc) is 2.74. The van der Waals surface area contributed by atoms with Crippen LogP contribution >= 0.6 is 0 Å². The van der Waals surface area contributed by atoms with Crippen molar-refractivity contribution in [2.75, 3.05) is 32.1 Å². The van der Waals surface area contributed by atoms with Gasteiger partial charge in [-0.05, 0) is 18.6 Å². The summed E-state index contributed by atoms with van der Waals surface area (Å²) in [5.74, 6) is 0.641. The fourth-order valence-corrected chi connectivity index (χ4v) is 2.06. The molecule has 1 unspecified atom stereocenters. The number of likely N-dealkylation sites (tertiary alicyclic amines) is 1. The van der Waals surface area contributed by atoms with E-state index in [1.807, 2.05) is 23.1 Å². The predicted molar refractivity (Wildman–Crippen MR) is 68.7 cm³/mol. The van der Waals surface area contributed by atoms with Gasteiger partial charge in [-0.15, -0.1) is 0 Å². The molecule has 1 aliphatic heterocycles. The number of ether oxygens (including phenoxy) is 1. The molecular weight excluding hydrogens is 232 g/mol. The van der Waals surface area contributed by atoms with Crippen LogP contribution in [0.15, 0.2) is 24.3 Å². The Morgan fingerprint density at radius 3 is 3.11 bits per heavy atom. The van der Waals surface area contributed by atoms with Gasteiger partial charge in [0, 0.05) is 24.8 Å². The molecule has 0 spiro atoms. The van der Waals surface area contributed by atoms with Gasteiger partial charge in [-0.2, -0.15) is 0 Å². The van der Waals surface area contributed by atoms with Gasteiger partial charge >= 0.3 is 0 Å². The molecule has 1 aromatic rings. The molecule has 0 radical (unpaired) electrons. The first-order valence-electron chi connectivity index (χ1n) is 6.01. The molecule has 0 saturated carbocycles. The number of rotatable bonds is 4. The first kappa shape index (κ1) is 12.9. The fraction of sp³-hybridized carbons (Fsp3) is 0.462. The van der Waals surface area contributed by atoms with Crippen molar-refractivity contribution in [1.29, 1.82) is 0 Å². The molecule has 1 saturated heterocycles. The summed E-state index contributed by atoms with van der Waals surface area (Å²) in [5, 5.41) is 12.2. The van der Waals surface area contributed by atoms with Crippen LogP contribution in [0.1, 0.15) is 6.42 Å². The first-order chi connectivity index (χ1) is 8.67. The van der Waals surface area contributed by atoms with Gasteiger partial charge in [0.05, 0.1) is 19.8 Å². The number of aliphatic hydroxyl groups is 1. The van der Waals surface area contributed by atoms with E-state index in [9.17, 15) is 9.90 Å². The van der Waals surface area contributed by atoms with Crippen LogP contribution < -0.4 is 10.1 Å². The number of aliphatic hydroxyl groups excluding tert-OH is 1. The van der Waals surface area contributed by atoms with Gasteiger partial charge in [0.15, 0.2) is 0 Å². The Morgan fingerprint density at radius 2 is 2.44 bits per heavy atom. The van der Waals surface area contributed by atoms with Crippen molar-refractivity contribution < 1.29 is 14.6 Å². The number of hydrogen-bond acceptors (Lipinski definition) is 4. The number of methoxy groups -OCH3 is 1. The highest BCUT2D eigenvalue weighted by atomic mass is 16.5. The summed E-state index contributed by atoms with van der Waals surface area (Å²) in [6, 6.07) is 7.25. The number of nitrogens with zero attached hydrogens (tertiary/aromatic N) is 1. The lowest BCUT2D eigenvalue weighted by Crippen LogP contribution is -2.32. The van der Waals surface area contributed by atoms with E-state index in [0.29, 0.717) is 18.8 Å². The van der Waals surface area contributed by atoms with Gasteiger partial charge in [-0.25, -0.2) is 0 Å². The van der Waals surface area contributed by atoms with Crippen LogP contribution in [0.5, 0.6) is 5.75 Å². The zero-order valence-electron chi connectivity index (χ0n) is 10.4. The van der Waals surface area contributed by atoms with E-state index < -0.39 is 0 Å². The molecule has 1 aromatic carbocycles. The molecule has 5 heteroatoms. The van der Waals surface area contributed by atoms with E-state index in [4.69, 9.17) is 4.74 Å². The molecule has 1 aliphatic rings. The van der Waals surface area contributed by atoms with E-state index in [0.717, 1.165) is 18.7 Å². The number of nitrogens with one attached hydrogen (secondary N) is 1. The summed E-state index contributed by atoms with van der Waals surface area (Å²) in [4.78, 5) is 13.7. The van der Waals surface area contributed by atoms with Gasteiger partial charge in [0.2, 0.25) is 5.91 Å². The van der Waals surface area contributed by atoms with Crippen molar-refractivity contribution >= 4 is 11.6 Å². The first-order valence-corrected chi connectivity index (χ1v) is 6.01. The normalized spacial score (nSPS) is 19.8. The molecule has 1 atom stereocenters. The molecule has 1 amide bonds. The Kier molecular flexibility index (Phi) is 4.17. The number of benzene rings is 1. The van der Waals surface area contributed by atoms with Gasteiger partial charge in [0.1, 0.15) is 5.75 Å². The van der Waals surface area contributed by atoms with Gasteiger partial charge in [-0.1, -0.05) is 6.07 Å². The lowest BCUT2D eigenvalue weighted by molar-refractivity contribution is -0.117. The Balaban J connectivity index is 1.86. The standard InChI is InChI=1S/C13H18N2O3/c1-18-12-4-2-3-10(7-12)14-13(17)9-15-6-5-11(16)8-15/h2-4,7,11,16H,5-6,8-9H2,1H3,(H,14,17). The summed E-state index contributed by atoms with van der Waals surface area (Å²) in [6.07, 6.45) is 0.446. The summed E-state index contributed by atoms with van der Waals surface area (Å²) in [5.41, 5.74) is 0.721. The van der Waals surface area contributed by atoms with E-state index in [1.54, 1.807) is 13.2 Å². The van der Waals surface area contributed by atoms with Crippen molar-refractivity contribution in [2.24, 2.45) is 0 Å². The van der Waals surface area contributed by atoms with Crippen molar-refractivity contribution in [2.45, 2.75) is 12.5 Å². The maximum Gasteiger partial charge on any atom is 0.238 e. The highest BCUT2D eigenvalue weighted by Gasteiger charge is 2.21. The highest BCUT2D eigenvalue weighted by molar-refractivity contribution is 5.92. The Bertz CT molecular complexity index is 422. The lowest BCUT2D eigenvalue weighted by Gasteiger charge is -2.14. The third-order valence-corrected chi connectivity index (χ3v) is 2.97. The van der Waals surface area contributed by atoms with Crippen LogP contribution in [0.3, 0.4) is 0 Å².